The number of aromatic nitrogens is 2. The molecule has 0 aliphatic carbocycles. The van der Waals surface area contributed by atoms with Crippen LogP contribution >= 0.6 is 15.9 Å². The summed E-state index contributed by atoms with van der Waals surface area (Å²) in [6, 6.07) is 0. The number of rotatable bonds is 3. The Morgan fingerprint density at radius 3 is 3.00 bits per heavy atom. The molecule has 0 fully saturated rings. The van der Waals surface area contributed by atoms with E-state index in [0.717, 1.165) is 0 Å². The lowest BCUT2D eigenvalue weighted by molar-refractivity contribution is 0.208. The highest BCUT2D eigenvalue weighted by Gasteiger charge is 2.06. The fraction of sp³-hybridized carbons (Fsp3) is 0.500. The molecule has 0 aliphatic heterocycles. The second kappa shape index (κ2) is 4.56. The molecule has 1 heterocycles. The van der Waals surface area contributed by atoms with Crippen LogP contribution in [0.4, 0.5) is 5.69 Å². The SMILES string of the molecule is CC(O)CNc1cnn(C)c(=O)c1Br. The highest BCUT2D eigenvalue weighted by molar-refractivity contribution is 9.10. The molecule has 1 aromatic heterocycles. The number of aryl methyl sites for hydroxylation is 1. The van der Waals surface area contributed by atoms with E-state index in [1.165, 1.54) is 10.9 Å². The Kier molecular flexibility index (Phi) is 3.65. The normalized spacial score (nSPS) is 12.6. The van der Waals surface area contributed by atoms with Crippen molar-refractivity contribution in [1.82, 2.24) is 9.78 Å². The van der Waals surface area contributed by atoms with Gasteiger partial charge in [-0.05, 0) is 22.9 Å². The second-order valence-electron chi connectivity index (χ2n) is 3.03. The maximum atomic E-state index is 11.4. The van der Waals surface area contributed by atoms with E-state index in [0.29, 0.717) is 16.7 Å². The van der Waals surface area contributed by atoms with Crippen molar-refractivity contribution in [3.05, 3.63) is 21.0 Å². The number of halogens is 1. The van der Waals surface area contributed by atoms with E-state index in [9.17, 15) is 4.79 Å². The Bertz CT molecular complexity index is 375. The molecule has 78 valence electrons. The number of nitrogens with zero attached hydrogens (tertiary/aromatic N) is 2. The summed E-state index contributed by atoms with van der Waals surface area (Å²) in [4.78, 5) is 11.4. The predicted octanol–water partition coefficient (Wildman–Crippen LogP) is 0.335. The smallest absolute Gasteiger partial charge is 0.282 e. The zero-order valence-electron chi connectivity index (χ0n) is 7.99. The van der Waals surface area contributed by atoms with Crippen LogP contribution in [0, 0.1) is 0 Å². The molecular weight excluding hydrogens is 250 g/mol. The minimum absolute atomic E-state index is 0.208. The van der Waals surface area contributed by atoms with E-state index in [-0.39, 0.29) is 5.56 Å². The Morgan fingerprint density at radius 2 is 2.43 bits per heavy atom. The van der Waals surface area contributed by atoms with Crippen LogP contribution in [0.25, 0.3) is 0 Å². The molecule has 5 nitrogen and oxygen atoms in total. The number of anilines is 1. The van der Waals surface area contributed by atoms with Crippen molar-refractivity contribution in [3.8, 4) is 0 Å². The maximum absolute atomic E-state index is 11.4. The van der Waals surface area contributed by atoms with Gasteiger partial charge in [0.25, 0.3) is 5.56 Å². The fourth-order valence-electron chi connectivity index (χ4n) is 0.892. The van der Waals surface area contributed by atoms with Gasteiger partial charge in [-0.3, -0.25) is 4.79 Å². The lowest BCUT2D eigenvalue weighted by Gasteiger charge is -2.09. The molecule has 1 rings (SSSR count). The van der Waals surface area contributed by atoms with Crippen molar-refractivity contribution in [1.29, 1.82) is 0 Å². The number of nitrogens with one attached hydrogen (secondary N) is 1. The standard InChI is InChI=1S/C8H12BrN3O2/c1-5(13)3-10-6-4-11-12(2)8(14)7(6)9/h4-5,10,13H,3H2,1-2H3. The van der Waals surface area contributed by atoms with Gasteiger partial charge in [-0.1, -0.05) is 0 Å². The van der Waals surface area contributed by atoms with Crippen molar-refractivity contribution in [2.45, 2.75) is 13.0 Å². The largest absolute Gasteiger partial charge is 0.392 e. The lowest BCUT2D eigenvalue weighted by Crippen LogP contribution is -2.23. The van der Waals surface area contributed by atoms with Crippen molar-refractivity contribution in [2.24, 2.45) is 7.05 Å². The summed E-state index contributed by atoms with van der Waals surface area (Å²) in [6.45, 7) is 2.04. The van der Waals surface area contributed by atoms with E-state index in [4.69, 9.17) is 5.11 Å². The van der Waals surface area contributed by atoms with Crippen LogP contribution in [0.2, 0.25) is 0 Å². The minimum Gasteiger partial charge on any atom is -0.392 e. The third kappa shape index (κ3) is 2.55. The number of hydrogen-bond acceptors (Lipinski definition) is 4. The van der Waals surface area contributed by atoms with Gasteiger partial charge in [0, 0.05) is 13.6 Å². The molecule has 0 saturated carbocycles. The fourth-order valence-corrected chi connectivity index (χ4v) is 1.39. The third-order valence-electron chi connectivity index (χ3n) is 1.67. The predicted molar refractivity (Wildman–Crippen MR) is 57.3 cm³/mol. The highest BCUT2D eigenvalue weighted by Crippen LogP contribution is 2.15. The van der Waals surface area contributed by atoms with Crippen LogP contribution in [-0.4, -0.2) is 27.5 Å². The van der Waals surface area contributed by atoms with Gasteiger partial charge >= 0.3 is 0 Å². The average molecular weight is 262 g/mol. The highest BCUT2D eigenvalue weighted by atomic mass is 79.9. The summed E-state index contributed by atoms with van der Waals surface area (Å²) in [7, 11) is 1.57. The van der Waals surface area contributed by atoms with E-state index in [1.54, 1.807) is 14.0 Å². The molecule has 0 radical (unpaired) electrons. The second-order valence-corrected chi connectivity index (χ2v) is 3.82. The van der Waals surface area contributed by atoms with Crippen LogP contribution in [-0.2, 0) is 7.05 Å². The van der Waals surface area contributed by atoms with Crippen molar-refractivity contribution in [3.63, 3.8) is 0 Å². The van der Waals surface area contributed by atoms with Crippen LogP contribution in [0.15, 0.2) is 15.5 Å². The molecule has 2 N–H and O–H groups in total. The van der Waals surface area contributed by atoms with Gasteiger partial charge in [0.05, 0.1) is 18.0 Å². The molecule has 0 spiro atoms. The Balaban J connectivity index is 2.89. The summed E-state index contributed by atoms with van der Waals surface area (Å²) < 4.78 is 1.66. The maximum Gasteiger partial charge on any atom is 0.282 e. The van der Waals surface area contributed by atoms with E-state index in [1.807, 2.05) is 0 Å². The van der Waals surface area contributed by atoms with Crippen molar-refractivity contribution >= 4 is 21.6 Å². The summed E-state index contributed by atoms with van der Waals surface area (Å²) in [5.74, 6) is 0. The Hall–Kier alpha value is -0.880. The molecule has 0 amide bonds. The average Bonchev–Trinajstić information content (AvgIpc) is 2.13. The first-order valence-electron chi connectivity index (χ1n) is 4.16. The van der Waals surface area contributed by atoms with Gasteiger partial charge in [0.15, 0.2) is 0 Å². The van der Waals surface area contributed by atoms with Crippen LogP contribution in [0.5, 0.6) is 0 Å². The lowest BCUT2D eigenvalue weighted by atomic mass is 10.4. The van der Waals surface area contributed by atoms with Gasteiger partial charge in [0.2, 0.25) is 0 Å². The zero-order valence-corrected chi connectivity index (χ0v) is 9.58. The van der Waals surface area contributed by atoms with Gasteiger partial charge in [-0.2, -0.15) is 5.10 Å². The number of hydrogen-bond donors (Lipinski definition) is 2. The van der Waals surface area contributed by atoms with Crippen molar-refractivity contribution < 1.29 is 5.11 Å². The molecule has 0 aliphatic rings. The molecule has 1 atom stereocenters. The molecular formula is C8H12BrN3O2. The molecule has 1 aromatic rings. The topological polar surface area (TPSA) is 67.2 Å². The van der Waals surface area contributed by atoms with Gasteiger partial charge < -0.3 is 10.4 Å². The van der Waals surface area contributed by atoms with E-state index >= 15 is 0 Å². The van der Waals surface area contributed by atoms with Gasteiger partial charge in [-0.25, -0.2) is 4.68 Å². The van der Waals surface area contributed by atoms with Crippen LogP contribution in [0.3, 0.4) is 0 Å². The van der Waals surface area contributed by atoms with Crippen molar-refractivity contribution in [2.75, 3.05) is 11.9 Å². The summed E-state index contributed by atoms with van der Waals surface area (Å²) in [6.07, 6.45) is 1.07. The molecule has 6 heteroatoms. The van der Waals surface area contributed by atoms with Crippen LogP contribution in [0.1, 0.15) is 6.92 Å². The zero-order chi connectivity index (χ0) is 10.7. The minimum atomic E-state index is -0.467. The summed E-state index contributed by atoms with van der Waals surface area (Å²) in [5, 5.41) is 15.8. The quantitative estimate of drug-likeness (QED) is 0.824. The summed E-state index contributed by atoms with van der Waals surface area (Å²) >= 11 is 3.16. The number of aliphatic hydroxyl groups is 1. The van der Waals surface area contributed by atoms with Crippen LogP contribution < -0.4 is 10.9 Å². The molecule has 1 unspecified atom stereocenters. The van der Waals surface area contributed by atoms with Gasteiger partial charge in [-0.15, -0.1) is 0 Å². The first-order chi connectivity index (χ1) is 6.52. The Morgan fingerprint density at radius 1 is 1.79 bits per heavy atom. The first-order valence-corrected chi connectivity index (χ1v) is 4.95. The van der Waals surface area contributed by atoms with E-state index < -0.39 is 6.10 Å². The third-order valence-corrected chi connectivity index (χ3v) is 2.43. The molecule has 14 heavy (non-hydrogen) atoms. The summed E-state index contributed by atoms with van der Waals surface area (Å²) in [5.41, 5.74) is 0.384. The molecule has 0 aromatic carbocycles. The molecule has 0 bridgehead atoms. The first kappa shape index (κ1) is 11.2. The van der Waals surface area contributed by atoms with E-state index in [2.05, 4.69) is 26.3 Å². The molecule has 0 saturated heterocycles. The Labute approximate surface area is 89.9 Å². The van der Waals surface area contributed by atoms with Gasteiger partial charge in [0.1, 0.15) is 4.47 Å². The number of aliphatic hydroxyl groups excluding tert-OH is 1. The monoisotopic (exact) mass is 261 g/mol.